The Labute approximate surface area is 190 Å². The van der Waals surface area contributed by atoms with Crippen LogP contribution in [-0.2, 0) is 11.3 Å². The van der Waals surface area contributed by atoms with E-state index in [0.717, 1.165) is 49.2 Å². The van der Waals surface area contributed by atoms with Crippen molar-refractivity contribution in [3.05, 3.63) is 42.1 Å². The van der Waals surface area contributed by atoms with E-state index in [-0.39, 0.29) is 24.0 Å². The first-order valence-electron chi connectivity index (χ1n) is 10.3. The molecule has 2 N–H and O–H groups in total. The summed E-state index contributed by atoms with van der Waals surface area (Å²) in [5.74, 6) is 1.58. The fourth-order valence-electron chi connectivity index (χ4n) is 3.87. The highest BCUT2D eigenvalue weighted by Crippen LogP contribution is 2.40. The van der Waals surface area contributed by atoms with Crippen molar-refractivity contribution < 1.29 is 9.26 Å². The van der Waals surface area contributed by atoms with Crippen LogP contribution in [0.1, 0.15) is 44.7 Å². The van der Waals surface area contributed by atoms with E-state index in [1.165, 1.54) is 25.7 Å². The number of hydrogen-bond donors (Lipinski definition) is 2. The first-order chi connectivity index (χ1) is 13.7. The van der Waals surface area contributed by atoms with Crippen LogP contribution in [-0.4, -0.2) is 37.9 Å². The maximum Gasteiger partial charge on any atom is 0.191 e. The second kappa shape index (κ2) is 12.2. The summed E-state index contributed by atoms with van der Waals surface area (Å²) in [5, 5.41) is 11.0. The fraction of sp³-hybridized carbons (Fsp3) is 0.545. The molecule has 2 aromatic rings. The number of aliphatic imine (C=N–C) groups is 1. The lowest BCUT2D eigenvalue weighted by Gasteiger charge is -2.30. The van der Waals surface area contributed by atoms with Crippen LogP contribution in [0.4, 0.5) is 0 Å². The van der Waals surface area contributed by atoms with Gasteiger partial charge in [0.15, 0.2) is 11.7 Å². The number of guanidine groups is 1. The van der Waals surface area contributed by atoms with Crippen molar-refractivity contribution in [1.82, 2.24) is 15.8 Å². The minimum absolute atomic E-state index is 0. The molecule has 0 unspecified atom stereocenters. The summed E-state index contributed by atoms with van der Waals surface area (Å²) >= 11 is 0. The molecule has 1 aliphatic rings. The summed E-state index contributed by atoms with van der Waals surface area (Å²) in [7, 11) is 1.80. The van der Waals surface area contributed by atoms with Gasteiger partial charge in [0.2, 0.25) is 0 Å². The van der Waals surface area contributed by atoms with Gasteiger partial charge in [0.1, 0.15) is 5.69 Å². The van der Waals surface area contributed by atoms with E-state index >= 15 is 0 Å². The molecular weight excluding hydrogens is 479 g/mol. The molecular formula is C22H33IN4O2. The maximum absolute atomic E-state index is 5.61. The fourth-order valence-corrected chi connectivity index (χ4v) is 3.87. The molecule has 7 heteroatoms. The largest absolute Gasteiger partial charge is 0.382 e. The smallest absolute Gasteiger partial charge is 0.191 e. The molecule has 0 bridgehead atoms. The summed E-state index contributed by atoms with van der Waals surface area (Å²) in [4.78, 5) is 4.36. The molecule has 1 saturated carbocycles. The number of benzene rings is 1. The number of nitrogens with one attached hydrogen (secondary N) is 2. The average Bonchev–Trinajstić information content (AvgIpc) is 3.39. The van der Waals surface area contributed by atoms with E-state index in [2.05, 4.69) is 27.7 Å². The summed E-state index contributed by atoms with van der Waals surface area (Å²) in [6, 6.07) is 12.0. The lowest BCUT2D eigenvalue weighted by Crippen LogP contribution is -2.43. The molecule has 1 aromatic heterocycles. The van der Waals surface area contributed by atoms with Gasteiger partial charge >= 0.3 is 0 Å². The van der Waals surface area contributed by atoms with Gasteiger partial charge in [-0.1, -0.05) is 48.3 Å². The van der Waals surface area contributed by atoms with Gasteiger partial charge in [0, 0.05) is 38.4 Å². The van der Waals surface area contributed by atoms with Crippen LogP contribution in [0.15, 0.2) is 45.9 Å². The van der Waals surface area contributed by atoms with Crippen molar-refractivity contribution in [2.75, 3.05) is 26.8 Å². The normalized spacial score (nSPS) is 15.7. The molecule has 0 spiro atoms. The molecule has 1 heterocycles. The molecule has 1 aromatic carbocycles. The van der Waals surface area contributed by atoms with Gasteiger partial charge in [-0.2, -0.15) is 0 Å². The van der Waals surface area contributed by atoms with E-state index in [1.54, 1.807) is 7.05 Å². The van der Waals surface area contributed by atoms with Crippen LogP contribution >= 0.6 is 24.0 Å². The zero-order valence-corrected chi connectivity index (χ0v) is 19.8. The zero-order chi connectivity index (χ0) is 19.7. The molecule has 0 radical (unpaired) electrons. The summed E-state index contributed by atoms with van der Waals surface area (Å²) < 4.78 is 11.1. The molecule has 0 aliphatic heterocycles. The lowest BCUT2D eigenvalue weighted by molar-refractivity contribution is 0.105. The van der Waals surface area contributed by atoms with E-state index in [1.807, 2.05) is 36.4 Å². The molecule has 0 amide bonds. The van der Waals surface area contributed by atoms with Crippen molar-refractivity contribution in [1.29, 1.82) is 0 Å². The molecule has 160 valence electrons. The molecule has 0 atom stereocenters. The third-order valence-electron chi connectivity index (χ3n) is 5.55. The predicted octanol–water partition coefficient (Wildman–Crippen LogP) is 4.61. The Morgan fingerprint density at radius 1 is 1.21 bits per heavy atom. The van der Waals surface area contributed by atoms with Crippen molar-refractivity contribution >= 4 is 29.9 Å². The Hall–Kier alpha value is -1.61. The molecule has 29 heavy (non-hydrogen) atoms. The zero-order valence-electron chi connectivity index (χ0n) is 17.4. The maximum atomic E-state index is 5.61. The Balaban J connectivity index is 0.00000300. The lowest BCUT2D eigenvalue weighted by atomic mass is 9.83. The molecule has 3 rings (SSSR count). The third-order valence-corrected chi connectivity index (χ3v) is 5.55. The van der Waals surface area contributed by atoms with Crippen molar-refractivity contribution in [2.24, 2.45) is 10.4 Å². The average molecular weight is 512 g/mol. The third kappa shape index (κ3) is 6.99. The Morgan fingerprint density at radius 3 is 2.66 bits per heavy atom. The van der Waals surface area contributed by atoms with Crippen LogP contribution in [0.2, 0.25) is 0 Å². The number of halogens is 1. The van der Waals surface area contributed by atoms with Crippen molar-refractivity contribution in [3.63, 3.8) is 0 Å². The predicted molar refractivity (Wildman–Crippen MR) is 128 cm³/mol. The van der Waals surface area contributed by atoms with Gasteiger partial charge in [-0.25, -0.2) is 0 Å². The van der Waals surface area contributed by atoms with Gasteiger partial charge in [-0.15, -0.1) is 24.0 Å². The molecule has 0 saturated heterocycles. The first kappa shape index (κ1) is 23.7. The summed E-state index contributed by atoms with van der Waals surface area (Å²) in [6.45, 7) is 5.18. The van der Waals surface area contributed by atoms with E-state index < -0.39 is 0 Å². The molecule has 1 fully saturated rings. The van der Waals surface area contributed by atoms with Gasteiger partial charge in [-0.05, 0) is 31.6 Å². The highest BCUT2D eigenvalue weighted by Gasteiger charge is 2.33. The van der Waals surface area contributed by atoms with Gasteiger partial charge in [-0.3, -0.25) is 4.99 Å². The van der Waals surface area contributed by atoms with Crippen molar-refractivity contribution in [2.45, 2.75) is 45.6 Å². The highest BCUT2D eigenvalue weighted by molar-refractivity contribution is 14.0. The minimum Gasteiger partial charge on any atom is -0.382 e. The van der Waals surface area contributed by atoms with Gasteiger partial charge < -0.3 is 19.9 Å². The Kier molecular flexibility index (Phi) is 9.93. The SMILES string of the molecule is CCOCCC1(CNC(=NC)NCc2cc(-c3ccccc3)on2)CCCC1.I. The number of rotatable bonds is 9. The summed E-state index contributed by atoms with van der Waals surface area (Å²) in [6.07, 6.45) is 6.23. The Bertz CT molecular complexity index is 742. The van der Waals surface area contributed by atoms with Gasteiger partial charge in [0.25, 0.3) is 0 Å². The Morgan fingerprint density at radius 2 is 1.97 bits per heavy atom. The number of ether oxygens (including phenoxy) is 1. The van der Waals surface area contributed by atoms with Crippen LogP contribution in [0, 0.1) is 5.41 Å². The van der Waals surface area contributed by atoms with Crippen LogP contribution in [0.25, 0.3) is 11.3 Å². The molecule has 1 aliphatic carbocycles. The van der Waals surface area contributed by atoms with Crippen molar-refractivity contribution in [3.8, 4) is 11.3 Å². The van der Waals surface area contributed by atoms with Crippen LogP contribution < -0.4 is 10.6 Å². The quantitative estimate of drug-likeness (QED) is 0.222. The number of aromatic nitrogens is 1. The molecule has 6 nitrogen and oxygen atoms in total. The van der Waals surface area contributed by atoms with E-state index in [4.69, 9.17) is 9.26 Å². The standard InChI is InChI=1S/C22H32N4O2.HI/c1-3-27-14-13-22(11-7-8-12-22)17-25-21(23-2)24-16-19-15-20(28-26-19)18-9-5-4-6-10-18;/h4-6,9-10,15H,3,7-8,11-14,16-17H2,1-2H3,(H2,23,24,25);1H. The van der Waals surface area contributed by atoms with Crippen LogP contribution in [0.5, 0.6) is 0 Å². The first-order valence-corrected chi connectivity index (χ1v) is 10.3. The topological polar surface area (TPSA) is 71.7 Å². The highest BCUT2D eigenvalue weighted by atomic mass is 127. The second-order valence-corrected chi connectivity index (χ2v) is 7.48. The van der Waals surface area contributed by atoms with Crippen LogP contribution in [0.3, 0.4) is 0 Å². The monoisotopic (exact) mass is 512 g/mol. The number of hydrogen-bond acceptors (Lipinski definition) is 4. The second-order valence-electron chi connectivity index (χ2n) is 7.48. The van der Waals surface area contributed by atoms with E-state index in [0.29, 0.717) is 12.0 Å². The summed E-state index contributed by atoms with van der Waals surface area (Å²) in [5.41, 5.74) is 2.20. The number of nitrogens with zero attached hydrogens (tertiary/aromatic N) is 2. The van der Waals surface area contributed by atoms with E-state index in [9.17, 15) is 0 Å². The van der Waals surface area contributed by atoms with Gasteiger partial charge in [0.05, 0.1) is 6.54 Å². The minimum atomic E-state index is 0.